The molecule has 0 aliphatic carbocycles. The number of fused-ring (bicyclic) bond motifs is 1. The molecule has 0 saturated heterocycles. The molecule has 0 spiro atoms. The molecule has 2 aromatic rings. The van der Waals surface area contributed by atoms with E-state index in [0.29, 0.717) is 6.54 Å². The summed E-state index contributed by atoms with van der Waals surface area (Å²) in [6.07, 6.45) is 3.03. The zero-order valence-corrected chi connectivity index (χ0v) is 13.1. The summed E-state index contributed by atoms with van der Waals surface area (Å²) in [5, 5.41) is 16.3. The van der Waals surface area contributed by atoms with E-state index >= 15 is 0 Å². The van der Waals surface area contributed by atoms with Crippen LogP contribution in [0.1, 0.15) is 36.8 Å². The monoisotopic (exact) mass is 303 g/mol. The molecule has 0 aromatic carbocycles. The van der Waals surface area contributed by atoms with Crippen LogP contribution in [0.4, 0.5) is 0 Å². The molecule has 0 saturated carbocycles. The summed E-state index contributed by atoms with van der Waals surface area (Å²) in [7, 11) is 1.69. The number of unbranched alkanes of at least 4 members (excludes halogenated alkanes) is 1. The van der Waals surface area contributed by atoms with Gasteiger partial charge in [0, 0.05) is 39.2 Å². The van der Waals surface area contributed by atoms with Crippen molar-refractivity contribution in [3.8, 4) is 0 Å². The Morgan fingerprint density at radius 3 is 3.05 bits per heavy atom. The van der Waals surface area contributed by atoms with Crippen molar-refractivity contribution in [2.24, 2.45) is 7.05 Å². The molecule has 0 bridgehead atoms. The van der Waals surface area contributed by atoms with Gasteiger partial charge in [-0.2, -0.15) is 5.10 Å². The van der Waals surface area contributed by atoms with E-state index in [1.54, 1.807) is 13.1 Å². The van der Waals surface area contributed by atoms with E-state index in [9.17, 15) is 4.79 Å². The van der Waals surface area contributed by atoms with Crippen LogP contribution in [0.15, 0.2) is 10.9 Å². The van der Waals surface area contributed by atoms with Gasteiger partial charge in [-0.3, -0.25) is 9.69 Å². The van der Waals surface area contributed by atoms with Gasteiger partial charge in [0.15, 0.2) is 5.82 Å². The largest absolute Gasteiger partial charge is 0.291 e. The second kappa shape index (κ2) is 6.35. The third-order valence-electron chi connectivity index (χ3n) is 4.01. The minimum Gasteiger partial charge on any atom is -0.291 e. The Labute approximate surface area is 128 Å². The maximum Gasteiger partial charge on any atom is 0.266 e. The molecule has 3 heterocycles. The van der Waals surface area contributed by atoms with E-state index in [2.05, 4.69) is 32.4 Å². The first-order valence-corrected chi connectivity index (χ1v) is 7.71. The van der Waals surface area contributed by atoms with Gasteiger partial charge in [-0.25, -0.2) is 9.36 Å². The topological polar surface area (TPSA) is 81.7 Å². The Morgan fingerprint density at radius 2 is 2.23 bits per heavy atom. The molecule has 3 rings (SSSR count). The first kappa shape index (κ1) is 14.8. The van der Waals surface area contributed by atoms with Crippen molar-refractivity contribution in [3.63, 3.8) is 0 Å². The summed E-state index contributed by atoms with van der Waals surface area (Å²) >= 11 is 0. The lowest BCUT2D eigenvalue weighted by atomic mass is 10.1. The molecule has 2 aromatic heterocycles. The Morgan fingerprint density at radius 1 is 1.36 bits per heavy atom. The van der Waals surface area contributed by atoms with Gasteiger partial charge in [-0.15, -0.1) is 5.10 Å². The van der Waals surface area contributed by atoms with Crippen LogP contribution in [0.5, 0.6) is 0 Å². The lowest BCUT2D eigenvalue weighted by Crippen LogP contribution is -2.34. The van der Waals surface area contributed by atoms with E-state index in [0.717, 1.165) is 56.0 Å². The highest BCUT2D eigenvalue weighted by molar-refractivity contribution is 5.20. The van der Waals surface area contributed by atoms with E-state index < -0.39 is 0 Å². The van der Waals surface area contributed by atoms with Gasteiger partial charge >= 0.3 is 0 Å². The van der Waals surface area contributed by atoms with Crippen molar-refractivity contribution in [2.45, 2.75) is 45.8 Å². The maximum absolute atomic E-state index is 11.7. The molecule has 0 unspecified atom stereocenters. The van der Waals surface area contributed by atoms with Crippen LogP contribution in [0.2, 0.25) is 0 Å². The minimum absolute atomic E-state index is 0.0617. The fraction of sp³-hybridized carbons (Fsp3) is 0.643. The lowest BCUT2D eigenvalue weighted by Gasteiger charge is -2.27. The molecule has 1 aliphatic heterocycles. The predicted molar refractivity (Wildman–Crippen MR) is 80.0 cm³/mol. The lowest BCUT2D eigenvalue weighted by molar-refractivity contribution is 0.230. The molecule has 8 nitrogen and oxygen atoms in total. The molecule has 8 heteroatoms. The van der Waals surface area contributed by atoms with Gasteiger partial charge in [-0.05, 0) is 22.4 Å². The summed E-state index contributed by atoms with van der Waals surface area (Å²) in [6.45, 7) is 5.33. The van der Waals surface area contributed by atoms with Crippen LogP contribution in [0, 0.1) is 0 Å². The van der Waals surface area contributed by atoms with Crippen LogP contribution in [0.3, 0.4) is 0 Å². The van der Waals surface area contributed by atoms with Crippen LogP contribution in [-0.2, 0) is 33.1 Å². The molecule has 0 amide bonds. The number of tetrazole rings is 1. The van der Waals surface area contributed by atoms with Gasteiger partial charge in [-0.1, -0.05) is 13.3 Å². The van der Waals surface area contributed by atoms with Crippen LogP contribution in [-0.4, -0.2) is 41.4 Å². The highest BCUT2D eigenvalue weighted by atomic mass is 16.1. The average molecular weight is 303 g/mol. The number of rotatable bonds is 5. The number of hydrogen-bond acceptors (Lipinski definition) is 6. The fourth-order valence-corrected chi connectivity index (χ4v) is 2.70. The summed E-state index contributed by atoms with van der Waals surface area (Å²) in [5.41, 5.74) is 1.97. The van der Waals surface area contributed by atoms with E-state index in [4.69, 9.17) is 0 Å². The fourth-order valence-electron chi connectivity index (χ4n) is 2.70. The second-order valence-electron chi connectivity index (χ2n) is 5.71. The van der Waals surface area contributed by atoms with E-state index in [1.165, 1.54) is 4.68 Å². The molecule has 0 N–H and O–H groups in total. The second-order valence-corrected chi connectivity index (χ2v) is 5.71. The highest BCUT2D eigenvalue weighted by Gasteiger charge is 2.20. The molecular formula is C14H21N7O. The molecule has 1 aliphatic rings. The van der Waals surface area contributed by atoms with Crippen molar-refractivity contribution >= 4 is 0 Å². The van der Waals surface area contributed by atoms with Crippen molar-refractivity contribution in [1.29, 1.82) is 0 Å². The third kappa shape index (κ3) is 3.06. The van der Waals surface area contributed by atoms with Crippen molar-refractivity contribution in [1.82, 2.24) is 34.9 Å². The predicted octanol–water partition coefficient (Wildman–Crippen LogP) is 0.125. The molecular weight excluding hydrogens is 282 g/mol. The van der Waals surface area contributed by atoms with Crippen LogP contribution >= 0.6 is 0 Å². The SMILES string of the molecule is CCCCn1nnnc1CN1CCc2nn(C)c(=O)cc2C1. The van der Waals surface area contributed by atoms with E-state index in [-0.39, 0.29) is 5.56 Å². The standard InChI is InChI=1S/C14H21N7O/c1-3-4-6-21-13(15-17-18-21)10-20-7-5-12-11(9-20)8-14(22)19(2)16-12/h8H,3-7,9-10H2,1-2H3. The minimum atomic E-state index is -0.0617. The molecule has 0 fully saturated rings. The van der Waals surface area contributed by atoms with Crippen molar-refractivity contribution in [3.05, 3.63) is 33.5 Å². The summed E-state index contributed by atoms with van der Waals surface area (Å²) in [4.78, 5) is 14.0. The van der Waals surface area contributed by atoms with Gasteiger partial charge in [0.25, 0.3) is 5.56 Å². The maximum atomic E-state index is 11.7. The van der Waals surface area contributed by atoms with Crippen molar-refractivity contribution < 1.29 is 0 Å². The number of aromatic nitrogens is 6. The molecule has 0 atom stereocenters. The first-order valence-electron chi connectivity index (χ1n) is 7.71. The molecule has 0 radical (unpaired) electrons. The van der Waals surface area contributed by atoms with Gasteiger partial charge in [0.05, 0.1) is 12.2 Å². The van der Waals surface area contributed by atoms with Gasteiger partial charge in [0.1, 0.15) is 0 Å². The molecule has 118 valence electrons. The Bertz CT molecular complexity index is 705. The van der Waals surface area contributed by atoms with Crippen LogP contribution in [0.25, 0.3) is 0 Å². The zero-order chi connectivity index (χ0) is 15.5. The Hall–Kier alpha value is -2.09. The smallest absolute Gasteiger partial charge is 0.266 e. The third-order valence-corrected chi connectivity index (χ3v) is 4.01. The summed E-state index contributed by atoms with van der Waals surface area (Å²) in [5.74, 6) is 0.883. The van der Waals surface area contributed by atoms with E-state index in [1.807, 2.05) is 4.68 Å². The Kier molecular flexibility index (Phi) is 4.28. The van der Waals surface area contributed by atoms with Gasteiger partial charge < -0.3 is 0 Å². The highest BCUT2D eigenvalue weighted by Crippen LogP contribution is 2.16. The summed E-state index contributed by atoms with van der Waals surface area (Å²) < 4.78 is 3.28. The number of aryl methyl sites for hydroxylation is 2. The zero-order valence-electron chi connectivity index (χ0n) is 13.1. The number of hydrogen-bond donors (Lipinski definition) is 0. The quantitative estimate of drug-likeness (QED) is 0.780. The van der Waals surface area contributed by atoms with Crippen molar-refractivity contribution in [2.75, 3.05) is 6.54 Å². The first-order chi connectivity index (χ1) is 10.7. The molecule has 22 heavy (non-hydrogen) atoms. The Balaban J connectivity index is 1.71. The average Bonchev–Trinajstić information content (AvgIpc) is 2.94. The number of nitrogens with zero attached hydrogens (tertiary/aromatic N) is 7. The van der Waals surface area contributed by atoms with Gasteiger partial charge in [0.2, 0.25) is 0 Å². The summed E-state index contributed by atoms with van der Waals surface area (Å²) in [6, 6.07) is 1.69. The normalized spacial score (nSPS) is 15.0. The van der Waals surface area contributed by atoms with Crippen LogP contribution < -0.4 is 5.56 Å².